The summed E-state index contributed by atoms with van der Waals surface area (Å²) in [6, 6.07) is 15.6. The maximum Gasteiger partial charge on any atom is 0.228 e. The van der Waals surface area contributed by atoms with Gasteiger partial charge in [0.25, 0.3) is 0 Å². The average molecular weight is 365 g/mol. The highest BCUT2D eigenvalue weighted by molar-refractivity contribution is 5.93. The molecule has 2 amide bonds. The van der Waals surface area contributed by atoms with Crippen LogP contribution in [-0.4, -0.2) is 32.0 Å². The number of amides is 2. The largest absolute Gasteiger partial charge is 0.372 e. The van der Waals surface area contributed by atoms with Gasteiger partial charge in [0.05, 0.1) is 6.42 Å². The fourth-order valence-corrected chi connectivity index (χ4v) is 3.32. The molecule has 1 aliphatic heterocycles. The Bertz CT molecular complexity index is 778. The van der Waals surface area contributed by atoms with E-state index in [-0.39, 0.29) is 11.8 Å². The first-order chi connectivity index (χ1) is 13.0. The Morgan fingerprint density at radius 3 is 2.19 bits per heavy atom. The van der Waals surface area contributed by atoms with Crippen LogP contribution < -0.4 is 15.1 Å². The third kappa shape index (κ3) is 5.09. The van der Waals surface area contributed by atoms with Crippen LogP contribution in [0.3, 0.4) is 0 Å². The summed E-state index contributed by atoms with van der Waals surface area (Å²) in [6.45, 7) is 3.75. The zero-order valence-corrected chi connectivity index (χ0v) is 16.1. The predicted octanol–water partition coefficient (Wildman–Crippen LogP) is 3.84. The summed E-state index contributed by atoms with van der Waals surface area (Å²) in [7, 11) is 1.73. The van der Waals surface area contributed by atoms with Gasteiger partial charge in [-0.1, -0.05) is 12.1 Å². The molecule has 1 heterocycles. The van der Waals surface area contributed by atoms with Crippen LogP contribution in [0.15, 0.2) is 48.5 Å². The van der Waals surface area contributed by atoms with Crippen molar-refractivity contribution in [3.8, 4) is 0 Å². The minimum Gasteiger partial charge on any atom is -0.372 e. The maximum absolute atomic E-state index is 12.3. The molecule has 0 spiro atoms. The average Bonchev–Trinajstić information content (AvgIpc) is 2.69. The fraction of sp³-hybridized carbons (Fsp3) is 0.364. The lowest BCUT2D eigenvalue weighted by atomic mass is 10.1. The molecule has 5 nitrogen and oxygen atoms in total. The van der Waals surface area contributed by atoms with Crippen LogP contribution in [0.4, 0.5) is 17.1 Å². The number of carbonyl (C=O) groups is 2. The van der Waals surface area contributed by atoms with E-state index in [2.05, 4.69) is 22.3 Å². The van der Waals surface area contributed by atoms with Gasteiger partial charge in [-0.15, -0.1) is 0 Å². The van der Waals surface area contributed by atoms with Crippen LogP contribution in [-0.2, 0) is 16.0 Å². The Kier molecular flexibility index (Phi) is 6.12. The highest BCUT2D eigenvalue weighted by Gasteiger charge is 2.11. The van der Waals surface area contributed by atoms with Gasteiger partial charge in [0, 0.05) is 44.1 Å². The summed E-state index contributed by atoms with van der Waals surface area (Å²) in [4.78, 5) is 27.7. The second-order valence-electron chi connectivity index (χ2n) is 7.06. The van der Waals surface area contributed by atoms with E-state index in [4.69, 9.17) is 0 Å². The summed E-state index contributed by atoms with van der Waals surface area (Å²) >= 11 is 0. The second kappa shape index (κ2) is 8.71. The van der Waals surface area contributed by atoms with Crippen LogP contribution >= 0.6 is 0 Å². The standard InChI is InChI=1S/C22H27N3O2/c1-17(26)24(2)20-10-6-18(7-11-20)16-22(27)23-19-8-12-21(13-9-19)25-14-4-3-5-15-25/h6-13H,3-5,14-16H2,1-2H3,(H,23,27). The summed E-state index contributed by atoms with van der Waals surface area (Å²) in [6.07, 6.45) is 4.12. The van der Waals surface area contributed by atoms with E-state index in [1.165, 1.54) is 31.9 Å². The van der Waals surface area contributed by atoms with Crippen LogP contribution in [0.1, 0.15) is 31.7 Å². The Morgan fingerprint density at radius 1 is 0.963 bits per heavy atom. The zero-order chi connectivity index (χ0) is 19.2. The van der Waals surface area contributed by atoms with Crippen molar-refractivity contribution < 1.29 is 9.59 Å². The molecule has 0 aromatic heterocycles. The van der Waals surface area contributed by atoms with E-state index in [1.807, 2.05) is 36.4 Å². The Hall–Kier alpha value is -2.82. The summed E-state index contributed by atoms with van der Waals surface area (Å²) in [5.74, 6) is -0.0677. The van der Waals surface area contributed by atoms with Crippen molar-refractivity contribution in [2.24, 2.45) is 0 Å². The lowest BCUT2D eigenvalue weighted by Gasteiger charge is -2.28. The van der Waals surface area contributed by atoms with Crippen molar-refractivity contribution in [1.29, 1.82) is 0 Å². The lowest BCUT2D eigenvalue weighted by molar-refractivity contribution is -0.116. The molecule has 5 heteroatoms. The molecule has 0 saturated carbocycles. The molecule has 0 radical (unpaired) electrons. The minimum atomic E-state index is -0.0478. The van der Waals surface area contributed by atoms with Crippen molar-refractivity contribution in [2.45, 2.75) is 32.6 Å². The molecule has 1 N–H and O–H groups in total. The van der Waals surface area contributed by atoms with Crippen molar-refractivity contribution >= 4 is 28.9 Å². The first-order valence-electron chi connectivity index (χ1n) is 9.51. The normalized spacial score (nSPS) is 13.9. The maximum atomic E-state index is 12.3. The van der Waals surface area contributed by atoms with Gasteiger partial charge >= 0.3 is 0 Å². The summed E-state index contributed by atoms with van der Waals surface area (Å²) in [5, 5.41) is 2.95. The number of hydrogen-bond donors (Lipinski definition) is 1. The zero-order valence-electron chi connectivity index (χ0n) is 16.1. The van der Waals surface area contributed by atoms with Gasteiger partial charge in [-0.3, -0.25) is 9.59 Å². The van der Waals surface area contributed by atoms with Crippen molar-refractivity contribution in [3.63, 3.8) is 0 Å². The van der Waals surface area contributed by atoms with Crippen molar-refractivity contribution in [1.82, 2.24) is 0 Å². The summed E-state index contributed by atoms with van der Waals surface area (Å²) in [5.41, 5.74) is 3.77. The first kappa shape index (κ1) is 19.0. The van der Waals surface area contributed by atoms with Crippen LogP contribution in [0.2, 0.25) is 0 Å². The lowest BCUT2D eigenvalue weighted by Crippen LogP contribution is -2.29. The topological polar surface area (TPSA) is 52.7 Å². The molecular formula is C22H27N3O2. The van der Waals surface area contributed by atoms with E-state index in [0.29, 0.717) is 6.42 Å². The molecule has 0 aliphatic carbocycles. The SMILES string of the molecule is CC(=O)N(C)c1ccc(CC(=O)Nc2ccc(N3CCCCC3)cc2)cc1. The quantitative estimate of drug-likeness (QED) is 0.876. The van der Waals surface area contributed by atoms with Gasteiger partial charge in [-0.25, -0.2) is 0 Å². The number of nitrogens with zero attached hydrogens (tertiary/aromatic N) is 2. The first-order valence-corrected chi connectivity index (χ1v) is 9.51. The molecule has 0 atom stereocenters. The van der Waals surface area contributed by atoms with Crippen molar-refractivity contribution in [2.75, 3.05) is 35.3 Å². The number of carbonyl (C=O) groups excluding carboxylic acids is 2. The van der Waals surface area contributed by atoms with E-state index in [9.17, 15) is 9.59 Å². The Labute approximate surface area is 161 Å². The highest BCUT2D eigenvalue weighted by atomic mass is 16.2. The molecule has 0 bridgehead atoms. The molecule has 27 heavy (non-hydrogen) atoms. The van der Waals surface area contributed by atoms with Crippen LogP contribution in [0.5, 0.6) is 0 Å². The number of piperidine rings is 1. The van der Waals surface area contributed by atoms with Gasteiger partial charge in [0.1, 0.15) is 0 Å². The van der Waals surface area contributed by atoms with Gasteiger partial charge in [-0.05, 0) is 61.2 Å². The van der Waals surface area contributed by atoms with E-state index in [1.54, 1.807) is 11.9 Å². The van der Waals surface area contributed by atoms with E-state index in [0.717, 1.165) is 30.0 Å². The second-order valence-corrected chi connectivity index (χ2v) is 7.06. The number of nitrogens with one attached hydrogen (secondary N) is 1. The monoisotopic (exact) mass is 365 g/mol. The van der Waals surface area contributed by atoms with Crippen LogP contribution in [0.25, 0.3) is 0 Å². The fourth-order valence-electron chi connectivity index (χ4n) is 3.32. The molecule has 1 fully saturated rings. The van der Waals surface area contributed by atoms with E-state index >= 15 is 0 Å². The Balaban J connectivity index is 1.55. The molecule has 142 valence electrons. The predicted molar refractivity (Wildman–Crippen MR) is 110 cm³/mol. The van der Waals surface area contributed by atoms with Crippen molar-refractivity contribution in [3.05, 3.63) is 54.1 Å². The third-order valence-electron chi connectivity index (χ3n) is 5.03. The number of benzene rings is 2. The van der Waals surface area contributed by atoms with Crippen LogP contribution in [0, 0.1) is 0 Å². The molecule has 1 saturated heterocycles. The van der Waals surface area contributed by atoms with Gasteiger partial charge in [0.2, 0.25) is 11.8 Å². The number of rotatable bonds is 5. The van der Waals surface area contributed by atoms with Gasteiger partial charge in [0.15, 0.2) is 0 Å². The molecular weight excluding hydrogens is 338 g/mol. The number of anilines is 3. The minimum absolute atomic E-state index is 0.0199. The summed E-state index contributed by atoms with van der Waals surface area (Å²) < 4.78 is 0. The molecule has 3 rings (SSSR count). The Morgan fingerprint density at radius 2 is 1.59 bits per heavy atom. The number of hydrogen-bond acceptors (Lipinski definition) is 3. The molecule has 2 aromatic rings. The molecule has 2 aromatic carbocycles. The third-order valence-corrected chi connectivity index (χ3v) is 5.03. The van der Waals surface area contributed by atoms with Gasteiger partial charge < -0.3 is 15.1 Å². The van der Waals surface area contributed by atoms with Gasteiger partial charge in [-0.2, -0.15) is 0 Å². The van der Waals surface area contributed by atoms with E-state index < -0.39 is 0 Å². The smallest absolute Gasteiger partial charge is 0.228 e. The molecule has 1 aliphatic rings. The highest BCUT2D eigenvalue weighted by Crippen LogP contribution is 2.22. The molecule has 0 unspecified atom stereocenters.